The van der Waals surface area contributed by atoms with Gasteiger partial charge in [0.2, 0.25) is 5.91 Å². The zero-order valence-electron chi connectivity index (χ0n) is 17.8. The zero-order chi connectivity index (χ0) is 21.0. The maximum absolute atomic E-state index is 12.3. The normalized spacial score (nSPS) is 18.8. The van der Waals surface area contributed by atoms with Crippen LogP contribution >= 0.6 is 11.8 Å². The Morgan fingerprint density at radius 1 is 1.07 bits per heavy atom. The van der Waals surface area contributed by atoms with Gasteiger partial charge in [-0.1, -0.05) is 94.9 Å². The van der Waals surface area contributed by atoms with Crippen molar-refractivity contribution in [2.75, 3.05) is 0 Å². The molecular weight excluding hydrogens is 378 g/mol. The molecule has 4 nitrogen and oxygen atoms in total. The molecule has 3 rings (SSSR count). The Balaban J connectivity index is 1.59. The summed E-state index contributed by atoms with van der Waals surface area (Å²) in [6.45, 7) is 10.9. The van der Waals surface area contributed by atoms with E-state index in [1.54, 1.807) is 6.21 Å². The van der Waals surface area contributed by atoms with Crippen molar-refractivity contribution < 1.29 is 4.79 Å². The summed E-state index contributed by atoms with van der Waals surface area (Å²) >= 11 is 1.44. The number of nitrogens with one attached hydrogen (secondary N) is 1. The molecule has 0 aliphatic carbocycles. The average molecular weight is 408 g/mol. The SMILES string of the molecule is CC(C)c1ccc(CC2S/C(=N/N=C/c3ccc(C(C)(C)C)cc3)NC2=O)cc1. The minimum absolute atomic E-state index is 0.00795. The van der Waals surface area contributed by atoms with Gasteiger partial charge in [0.25, 0.3) is 0 Å². The molecule has 1 aliphatic rings. The smallest absolute Gasteiger partial charge is 0.239 e. The fourth-order valence-electron chi connectivity index (χ4n) is 3.06. The molecule has 152 valence electrons. The van der Waals surface area contributed by atoms with Gasteiger partial charge in [0.15, 0.2) is 5.17 Å². The fraction of sp³-hybridized carbons (Fsp3) is 0.375. The van der Waals surface area contributed by atoms with Crippen LogP contribution in [-0.2, 0) is 16.6 Å². The number of hydrogen-bond donors (Lipinski definition) is 1. The van der Waals surface area contributed by atoms with Crippen LogP contribution in [0.25, 0.3) is 0 Å². The van der Waals surface area contributed by atoms with Gasteiger partial charge >= 0.3 is 0 Å². The number of rotatable bonds is 5. The number of nitrogens with zero attached hydrogens (tertiary/aromatic N) is 2. The Labute approximate surface area is 177 Å². The third kappa shape index (κ3) is 5.80. The summed E-state index contributed by atoms with van der Waals surface area (Å²) in [6.07, 6.45) is 2.40. The highest BCUT2D eigenvalue weighted by Crippen LogP contribution is 2.25. The Hall–Kier alpha value is -2.40. The summed E-state index contributed by atoms with van der Waals surface area (Å²) in [7, 11) is 0. The summed E-state index contributed by atoms with van der Waals surface area (Å²) in [5.74, 6) is 0.501. The molecule has 1 atom stereocenters. The van der Waals surface area contributed by atoms with Crippen molar-refractivity contribution in [3.8, 4) is 0 Å². The Morgan fingerprint density at radius 3 is 2.31 bits per heavy atom. The van der Waals surface area contributed by atoms with E-state index in [0.717, 1.165) is 11.1 Å². The first-order valence-electron chi connectivity index (χ1n) is 10.0. The molecule has 0 bridgehead atoms. The molecule has 1 N–H and O–H groups in total. The minimum atomic E-state index is -0.167. The quantitative estimate of drug-likeness (QED) is 0.542. The molecular formula is C24H29N3OS. The number of amides is 1. The number of hydrogen-bond acceptors (Lipinski definition) is 4. The van der Waals surface area contributed by atoms with Crippen molar-refractivity contribution >= 4 is 29.1 Å². The highest BCUT2D eigenvalue weighted by Gasteiger charge is 2.30. The van der Waals surface area contributed by atoms with Gasteiger partial charge in [-0.3, -0.25) is 4.79 Å². The van der Waals surface area contributed by atoms with Gasteiger partial charge in [0, 0.05) is 0 Å². The molecule has 2 aromatic rings. The van der Waals surface area contributed by atoms with Gasteiger partial charge in [-0.15, -0.1) is 5.10 Å². The summed E-state index contributed by atoms with van der Waals surface area (Å²) < 4.78 is 0. The zero-order valence-corrected chi connectivity index (χ0v) is 18.6. The van der Waals surface area contributed by atoms with Gasteiger partial charge in [0.1, 0.15) is 0 Å². The molecule has 2 aromatic carbocycles. The lowest BCUT2D eigenvalue weighted by Crippen LogP contribution is -2.25. The molecule has 1 aliphatic heterocycles. The van der Waals surface area contributed by atoms with Crippen molar-refractivity contribution in [3.05, 3.63) is 70.8 Å². The molecule has 0 aromatic heterocycles. The number of thioether (sulfide) groups is 1. The van der Waals surface area contributed by atoms with Crippen LogP contribution in [0.3, 0.4) is 0 Å². The largest absolute Gasteiger partial charge is 0.303 e. The molecule has 29 heavy (non-hydrogen) atoms. The van der Waals surface area contributed by atoms with E-state index in [1.165, 1.54) is 22.9 Å². The van der Waals surface area contributed by atoms with Crippen LogP contribution in [0, 0.1) is 0 Å². The first-order chi connectivity index (χ1) is 13.7. The van der Waals surface area contributed by atoms with Crippen LogP contribution in [0.4, 0.5) is 0 Å². The first kappa shape index (κ1) is 21.3. The van der Waals surface area contributed by atoms with Gasteiger partial charge in [0.05, 0.1) is 11.5 Å². The van der Waals surface area contributed by atoms with E-state index in [0.29, 0.717) is 17.5 Å². The van der Waals surface area contributed by atoms with Crippen LogP contribution in [0.15, 0.2) is 58.7 Å². The van der Waals surface area contributed by atoms with E-state index < -0.39 is 0 Å². The predicted molar refractivity (Wildman–Crippen MR) is 124 cm³/mol. The second-order valence-corrected chi connectivity index (χ2v) is 9.91. The molecule has 0 radical (unpaired) electrons. The topological polar surface area (TPSA) is 53.8 Å². The summed E-state index contributed by atoms with van der Waals surface area (Å²) in [4.78, 5) is 12.3. The van der Waals surface area contributed by atoms with E-state index >= 15 is 0 Å². The Morgan fingerprint density at radius 2 is 1.72 bits per heavy atom. The van der Waals surface area contributed by atoms with E-state index in [1.807, 2.05) is 12.1 Å². The van der Waals surface area contributed by atoms with E-state index in [4.69, 9.17) is 0 Å². The Bertz CT molecular complexity index is 907. The van der Waals surface area contributed by atoms with Crippen LogP contribution < -0.4 is 5.32 Å². The van der Waals surface area contributed by atoms with Gasteiger partial charge < -0.3 is 5.32 Å². The van der Waals surface area contributed by atoms with E-state index in [2.05, 4.69) is 86.5 Å². The molecule has 0 spiro atoms. The fourth-order valence-corrected chi connectivity index (χ4v) is 4.02. The van der Waals surface area contributed by atoms with Gasteiger partial charge in [-0.2, -0.15) is 5.10 Å². The molecule has 1 heterocycles. The lowest BCUT2D eigenvalue weighted by atomic mass is 9.87. The van der Waals surface area contributed by atoms with E-state index in [9.17, 15) is 4.79 Å². The lowest BCUT2D eigenvalue weighted by molar-refractivity contribution is -0.118. The maximum atomic E-state index is 12.3. The first-order valence-corrected chi connectivity index (χ1v) is 10.9. The van der Waals surface area contributed by atoms with Crippen molar-refractivity contribution in [1.82, 2.24) is 5.32 Å². The van der Waals surface area contributed by atoms with Crippen molar-refractivity contribution in [2.24, 2.45) is 10.2 Å². The third-order valence-corrected chi connectivity index (χ3v) is 6.05. The van der Waals surface area contributed by atoms with Crippen LogP contribution in [0.2, 0.25) is 0 Å². The second kappa shape index (κ2) is 8.95. The predicted octanol–water partition coefficient (Wildman–Crippen LogP) is 5.27. The van der Waals surface area contributed by atoms with Crippen LogP contribution in [0.1, 0.15) is 62.8 Å². The molecule has 1 amide bonds. The molecule has 1 fully saturated rings. The average Bonchev–Trinajstić information content (AvgIpc) is 3.01. The second-order valence-electron chi connectivity index (χ2n) is 8.72. The monoisotopic (exact) mass is 407 g/mol. The summed E-state index contributed by atoms with van der Waals surface area (Å²) in [6, 6.07) is 16.8. The van der Waals surface area contributed by atoms with Crippen molar-refractivity contribution in [3.63, 3.8) is 0 Å². The minimum Gasteiger partial charge on any atom is -0.303 e. The Kier molecular flexibility index (Phi) is 6.58. The molecule has 5 heteroatoms. The van der Waals surface area contributed by atoms with Crippen molar-refractivity contribution in [1.29, 1.82) is 0 Å². The standard InChI is InChI=1S/C24H29N3OS/c1-16(2)19-10-6-17(7-11-19)14-21-22(28)26-23(29-21)27-25-15-18-8-12-20(13-9-18)24(3,4)5/h6-13,15-16,21H,14H2,1-5H3,(H,26,27,28)/b25-15+. The summed E-state index contributed by atoms with van der Waals surface area (Å²) in [5, 5.41) is 11.6. The van der Waals surface area contributed by atoms with Gasteiger partial charge in [-0.05, 0) is 40.0 Å². The molecule has 0 saturated carbocycles. The molecule has 1 unspecified atom stereocenters. The highest BCUT2D eigenvalue weighted by molar-refractivity contribution is 8.15. The third-order valence-electron chi connectivity index (χ3n) is 4.98. The number of amidine groups is 1. The number of carbonyl (C=O) groups excluding carboxylic acids is 1. The number of carbonyl (C=O) groups is 1. The summed E-state index contributed by atoms with van der Waals surface area (Å²) in [5.41, 5.74) is 4.86. The number of benzene rings is 2. The van der Waals surface area contributed by atoms with Crippen LogP contribution in [-0.4, -0.2) is 22.5 Å². The van der Waals surface area contributed by atoms with E-state index in [-0.39, 0.29) is 16.6 Å². The lowest BCUT2D eigenvalue weighted by Gasteiger charge is -2.18. The van der Waals surface area contributed by atoms with Crippen LogP contribution in [0.5, 0.6) is 0 Å². The van der Waals surface area contributed by atoms with Gasteiger partial charge in [-0.25, -0.2) is 0 Å². The van der Waals surface area contributed by atoms with Crippen molar-refractivity contribution in [2.45, 2.75) is 57.6 Å². The maximum Gasteiger partial charge on any atom is 0.239 e. The highest BCUT2D eigenvalue weighted by atomic mass is 32.2. The molecule has 1 saturated heterocycles.